The zero-order chi connectivity index (χ0) is 13.0. The van der Waals surface area contributed by atoms with Crippen LogP contribution in [0.5, 0.6) is 5.75 Å². The molecule has 0 amide bonds. The summed E-state index contributed by atoms with van der Waals surface area (Å²) in [6, 6.07) is 7.21. The molecule has 0 atom stereocenters. The Labute approximate surface area is 124 Å². The first-order chi connectivity index (χ1) is 8.69. The first-order valence-electron chi connectivity index (χ1n) is 5.89. The molecule has 0 aliphatic carbocycles. The van der Waals surface area contributed by atoms with Gasteiger partial charge in [-0.25, -0.2) is 0 Å². The van der Waals surface area contributed by atoms with Gasteiger partial charge in [0.1, 0.15) is 12.3 Å². The molecule has 0 unspecified atom stereocenters. The molecule has 0 N–H and O–H groups in total. The lowest BCUT2D eigenvalue weighted by Gasteiger charge is -2.05. The van der Waals surface area contributed by atoms with Crippen molar-refractivity contribution < 1.29 is 26.5 Å². The van der Waals surface area contributed by atoms with Crippen molar-refractivity contribution in [3.05, 3.63) is 48.9 Å². The highest BCUT2D eigenvalue weighted by atomic mass is 79.9. The fourth-order valence-electron chi connectivity index (χ4n) is 1.69. The third kappa shape index (κ3) is 4.21. The van der Waals surface area contributed by atoms with Gasteiger partial charge in [-0.3, -0.25) is 4.79 Å². The van der Waals surface area contributed by atoms with Gasteiger partial charge in [0.05, 0.1) is 26.1 Å². The van der Waals surface area contributed by atoms with Crippen LogP contribution in [0.1, 0.15) is 17.3 Å². The lowest BCUT2D eigenvalue weighted by atomic mass is 10.1. The number of hydrogen-bond acceptors (Lipinski definition) is 4. The summed E-state index contributed by atoms with van der Waals surface area (Å²) >= 11 is 0. The van der Waals surface area contributed by atoms with Gasteiger partial charge >= 0.3 is 6.67 Å². The summed E-state index contributed by atoms with van der Waals surface area (Å²) < 4.78 is 5.34. The molecule has 1 aliphatic heterocycles. The van der Waals surface area contributed by atoms with E-state index in [2.05, 4.69) is 6.67 Å². The zero-order valence-corrected chi connectivity index (χ0v) is 12.6. The summed E-state index contributed by atoms with van der Waals surface area (Å²) in [6.07, 6.45) is 3.68. The van der Waals surface area contributed by atoms with Crippen LogP contribution in [0.3, 0.4) is 0 Å². The van der Waals surface area contributed by atoms with E-state index in [9.17, 15) is 4.79 Å². The molecule has 1 radical (unpaired) electrons. The molecule has 0 aromatic heterocycles. The normalized spacial score (nSPS) is 12.9. The minimum Gasteiger partial charge on any atom is -1.00 e. The molecular weight excluding hydrogens is 308 g/mol. The Hall–Kier alpha value is -1.62. The number of Topliss-reactive ketones (excluding diaryl/α,β-unsaturated/α-hetero) is 1. The number of rotatable bonds is 5. The van der Waals surface area contributed by atoms with Gasteiger partial charge in [-0.2, -0.15) is 0 Å². The van der Waals surface area contributed by atoms with Gasteiger partial charge in [-0.05, 0) is 31.2 Å². The van der Waals surface area contributed by atoms with Gasteiger partial charge in [0, 0.05) is 5.56 Å². The summed E-state index contributed by atoms with van der Waals surface area (Å²) in [5.74, 6) is 0.846. The molecule has 0 spiro atoms. The second kappa shape index (κ2) is 7.09. The Balaban J connectivity index is 0.00000180. The molecule has 0 bridgehead atoms. The highest BCUT2D eigenvalue weighted by molar-refractivity contribution is 5.97. The van der Waals surface area contributed by atoms with Crippen molar-refractivity contribution in [2.75, 3.05) is 20.2 Å². The van der Waals surface area contributed by atoms with Crippen molar-refractivity contribution in [2.45, 2.75) is 6.92 Å². The Morgan fingerprint density at radius 1 is 1.26 bits per heavy atom. The molecule has 4 nitrogen and oxygen atoms in total. The van der Waals surface area contributed by atoms with E-state index in [1.54, 1.807) is 21.9 Å². The van der Waals surface area contributed by atoms with Gasteiger partial charge < -0.3 is 21.7 Å². The number of nitrogens with zero attached hydrogens (tertiary/aromatic N) is 2. The Kier molecular flexibility index (Phi) is 5.76. The average Bonchev–Trinajstić information content (AvgIpc) is 2.76. The molecule has 2 rings (SSSR count). The van der Waals surface area contributed by atoms with Crippen LogP contribution in [0.2, 0.25) is 0 Å². The van der Waals surface area contributed by atoms with Crippen molar-refractivity contribution in [3.63, 3.8) is 0 Å². The summed E-state index contributed by atoms with van der Waals surface area (Å²) in [5, 5.41) is 0. The minimum atomic E-state index is 0. The van der Waals surface area contributed by atoms with Gasteiger partial charge in [-0.15, -0.1) is 9.80 Å². The smallest absolute Gasteiger partial charge is 0.564 e. The van der Waals surface area contributed by atoms with Crippen molar-refractivity contribution in [1.82, 2.24) is 9.80 Å². The van der Waals surface area contributed by atoms with Crippen LogP contribution in [-0.2, 0) is 0 Å². The van der Waals surface area contributed by atoms with Crippen LogP contribution < -0.4 is 21.7 Å². The monoisotopic (exact) mass is 323 g/mol. The van der Waals surface area contributed by atoms with E-state index in [0.717, 1.165) is 5.75 Å². The second-order valence-corrected chi connectivity index (χ2v) is 4.02. The van der Waals surface area contributed by atoms with Crippen LogP contribution in [0.15, 0.2) is 36.7 Å². The number of ketones is 1. The first-order valence-corrected chi connectivity index (χ1v) is 5.89. The maximum atomic E-state index is 12.0. The number of carbonyl (C=O) groups excluding carboxylic acids is 1. The zero-order valence-electron chi connectivity index (χ0n) is 11.0. The van der Waals surface area contributed by atoms with Crippen molar-refractivity contribution in [2.24, 2.45) is 0 Å². The number of carbonyl (C=O) groups is 1. The van der Waals surface area contributed by atoms with Crippen molar-refractivity contribution >= 4 is 5.78 Å². The van der Waals surface area contributed by atoms with Gasteiger partial charge in [0.2, 0.25) is 0 Å². The van der Waals surface area contributed by atoms with E-state index in [4.69, 9.17) is 4.74 Å². The second-order valence-electron chi connectivity index (χ2n) is 4.02. The summed E-state index contributed by atoms with van der Waals surface area (Å²) in [4.78, 5) is 15.5. The number of halogens is 1. The Morgan fingerprint density at radius 2 is 1.95 bits per heavy atom. The third-order valence-corrected chi connectivity index (χ3v) is 2.56. The molecule has 5 heteroatoms. The van der Waals surface area contributed by atoms with Crippen LogP contribution >= 0.6 is 0 Å². The Bertz CT molecular complexity index is 445. The number of hydrogen-bond donors (Lipinski definition) is 0. The highest BCUT2D eigenvalue weighted by Gasteiger charge is 2.29. The van der Waals surface area contributed by atoms with Crippen molar-refractivity contribution in [3.8, 4) is 5.75 Å². The van der Waals surface area contributed by atoms with Crippen LogP contribution in [0.25, 0.3) is 0 Å². The molecule has 19 heavy (non-hydrogen) atoms. The Morgan fingerprint density at radius 3 is 2.47 bits per heavy atom. The van der Waals surface area contributed by atoms with E-state index in [1.807, 2.05) is 38.5 Å². The van der Waals surface area contributed by atoms with Crippen LogP contribution in [0, 0.1) is 6.67 Å². The molecule has 1 aromatic rings. The SMILES string of the molecule is CCOc1ccc(C(=O)CN2[C+]N(C)C=C2)cc1.[Br-]. The molecule has 1 aromatic carbocycles. The van der Waals surface area contributed by atoms with Crippen LogP contribution in [0.4, 0.5) is 0 Å². The van der Waals surface area contributed by atoms with E-state index in [1.165, 1.54) is 0 Å². The predicted molar refractivity (Wildman–Crippen MR) is 68.8 cm³/mol. The van der Waals surface area contributed by atoms with Gasteiger partial charge in [-0.1, -0.05) is 0 Å². The van der Waals surface area contributed by atoms with E-state index < -0.39 is 0 Å². The number of benzene rings is 1. The molecule has 0 saturated heterocycles. The maximum Gasteiger partial charge on any atom is 0.564 e. The summed E-state index contributed by atoms with van der Waals surface area (Å²) in [5.41, 5.74) is 0.684. The standard InChI is InChI=1S/C14H16N2O2.BrH/c1-3-18-13-6-4-12(5-7-13)14(17)10-16-9-8-15(2)11-16;/h4-9H,3,10H2,1-2H3;1H/q+1;/p-1. The summed E-state index contributed by atoms with van der Waals surface area (Å²) in [6.45, 7) is 5.86. The first kappa shape index (κ1) is 15.4. The average molecular weight is 324 g/mol. The third-order valence-electron chi connectivity index (χ3n) is 2.56. The topological polar surface area (TPSA) is 32.8 Å². The fraction of sp³-hybridized carbons (Fsp3) is 0.286. The molecule has 1 heterocycles. The molecular formula is C14H16BrN2O2. The largest absolute Gasteiger partial charge is 1.00 e. The molecule has 0 fully saturated rings. The van der Waals surface area contributed by atoms with E-state index in [-0.39, 0.29) is 22.8 Å². The fourth-order valence-corrected chi connectivity index (χ4v) is 1.69. The van der Waals surface area contributed by atoms with E-state index >= 15 is 0 Å². The highest BCUT2D eigenvalue weighted by Crippen LogP contribution is 2.14. The lowest BCUT2D eigenvalue weighted by molar-refractivity contribution is -0.0000123. The quantitative estimate of drug-likeness (QED) is 0.513. The summed E-state index contributed by atoms with van der Waals surface area (Å²) in [7, 11) is 1.87. The molecule has 101 valence electrons. The maximum absolute atomic E-state index is 12.0. The van der Waals surface area contributed by atoms with Crippen molar-refractivity contribution in [1.29, 1.82) is 0 Å². The minimum absolute atomic E-state index is 0. The lowest BCUT2D eigenvalue weighted by Crippen LogP contribution is -3.00. The molecule has 0 saturated carbocycles. The predicted octanol–water partition coefficient (Wildman–Crippen LogP) is -1.01. The van der Waals surface area contributed by atoms with Crippen LogP contribution in [-0.4, -0.2) is 35.8 Å². The molecule has 1 aliphatic rings. The van der Waals surface area contributed by atoms with Gasteiger partial charge in [0.25, 0.3) is 0 Å². The van der Waals surface area contributed by atoms with E-state index in [0.29, 0.717) is 18.7 Å². The number of ether oxygens (including phenoxy) is 1. The van der Waals surface area contributed by atoms with Gasteiger partial charge in [0.15, 0.2) is 5.78 Å².